The smallest absolute Gasteiger partial charge is 0.336 e. The number of nitrogens with one attached hydrogen (secondary N) is 1. The van der Waals surface area contributed by atoms with Crippen LogP contribution in [-0.4, -0.2) is 38.0 Å². The van der Waals surface area contributed by atoms with Crippen LogP contribution in [0.25, 0.3) is 0 Å². The normalized spacial score (nSPS) is 21.6. The number of benzene rings is 1. The number of allylic oxidation sites excluding steroid dienone is 3. The van der Waals surface area contributed by atoms with Crippen molar-refractivity contribution >= 4 is 29.1 Å². The maximum absolute atomic E-state index is 14.3. The number of rotatable bonds is 7. The highest BCUT2D eigenvalue weighted by atomic mass is 32.1. The first-order valence-corrected chi connectivity index (χ1v) is 13.0. The zero-order valence-corrected chi connectivity index (χ0v) is 22.0. The van der Waals surface area contributed by atoms with Gasteiger partial charge in [-0.2, -0.15) is 0 Å². The molecule has 1 aliphatic carbocycles. The third-order valence-electron chi connectivity index (χ3n) is 6.74. The third kappa shape index (κ3) is 4.57. The molecule has 1 aromatic heterocycles. The number of carbonyl (C=O) groups is 3. The average molecular weight is 510 g/mol. The van der Waals surface area contributed by atoms with E-state index >= 15 is 0 Å². The van der Waals surface area contributed by atoms with E-state index in [1.807, 2.05) is 49.6 Å². The van der Waals surface area contributed by atoms with Gasteiger partial charge in [0.25, 0.3) is 0 Å². The molecule has 190 valence electrons. The minimum Gasteiger partial charge on any atom is -0.497 e. The van der Waals surface area contributed by atoms with Crippen LogP contribution < -0.4 is 10.1 Å². The highest BCUT2D eigenvalue weighted by molar-refractivity contribution is 7.10. The Morgan fingerprint density at radius 2 is 1.86 bits per heavy atom. The van der Waals surface area contributed by atoms with Crippen LogP contribution in [0.5, 0.6) is 5.75 Å². The second kappa shape index (κ2) is 10.7. The van der Waals surface area contributed by atoms with Gasteiger partial charge in [-0.1, -0.05) is 12.1 Å². The van der Waals surface area contributed by atoms with Gasteiger partial charge in [0.15, 0.2) is 5.78 Å². The molecule has 1 aromatic carbocycles. The Labute approximate surface area is 215 Å². The summed E-state index contributed by atoms with van der Waals surface area (Å²) in [6.07, 6.45) is 0.409. The van der Waals surface area contributed by atoms with Crippen LogP contribution in [0.15, 0.2) is 58.3 Å². The van der Waals surface area contributed by atoms with Gasteiger partial charge in [-0.25, -0.2) is 4.79 Å². The van der Waals surface area contributed by atoms with Crippen molar-refractivity contribution in [2.75, 3.05) is 20.3 Å². The molecule has 36 heavy (non-hydrogen) atoms. The lowest BCUT2D eigenvalue weighted by atomic mass is 9.68. The van der Waals surface area contributed by atoms with E-state index in [1.54, 1.807) is 21.0 Å². The zero-order chi connectivity index (χ0) is 26.0. The monoisotopic (exact) mass is 509 g/mol. The zero-order valence-electron chi connectivity index (χ0n) is 21.2. The summed E-state index contributed by atoms with van der Waals surface area (Å²) < 4.78 is 16.2. The molecule has 0 bridgehead atoms. The summed E-state index contributed by atoms with van der Waals surface area (Å²) in [7, 11) is 1.58. The van der Waals surface area contributed by atoms with Gasteiger partial charge in [0.05, 0.1) is 31.8 Å². The fourth-order valence-electron chi connectivity index (χ4n) is 5.14. The van der Waals surface area contributed by atoms with Crippen LogP contribution in [0, 0.1) is 12.8 Å². The fraction of sp³-hybridized carbons (Fsp3) is 0.393. The molecule has 7 nitrogen and oxygen atoms in total. The number of esters is 2. The first kappa shape index (κ1) is 25.7. The van der Waals surface area contributed by atoms with Gasteiger partial charge < -0.3 is 19.5 Å². The number of ether oxygens (including phenoxy) is 3. The molecule has 8 heteroatoms. The largest absolute Gasteiger partial charge is 0.497 e. The molecule has 0 fully saturated rings. The Morgan fingerprint density at radius 1 is 1.11 bits per heavy atom. The molecule has 0 saturated heterocycles. The molecule has 4 rings (SSSR count). The maximum Gasteiger partial charge on any atom is 0.336 e. The van der Waals surface area contributed by atoms with Crippen LogP contribution in [0.1, 0.15) is 55.0 Å². The number of aryl methyl sites for hydroxylation is 1. The average Bonchev–Trinajstić information content (AvgIpc) is 3.28. The second-order valence-electron chi connectivity index (χ2n) is 8.86. The van der Waals surface area contributed by atoms with Gasteiger partial charge >= 0.3 is 11.9 Å². The Kier molecular flexibility index (Phi) is 7.64. The van der Waals surface area contributed by atoms with Crippen molar-refractivity contribution in [2.24, 2.45) is 5.92 Å². The van der Waals surface area contributed by atoms with Crippen molar-refractivity contribution in [3.63, 3.8) is 0 Å². The van der Waals surface area contributed by atoms with E-state index in [0.717, 1.165) is 21.7 Å². The number of hydrogen-bond acceptors (Lipinski definition) is 8. The van der Waals surface area contributed by atoms with Crippen molar-refractivity contribution in [3.05, 3.63) is 74.3 Å². The number of methoxy groups -OCH3 is 1. The Hall–Kier alpha value is -3.39. The van der Waals surface area contributed by atoms with Gasteiger partial charge in [0, 0.05) is 27.8 Å². The summed E-state index contributed by atoms with van der Waals surface area (Å²) in [5.74, 6) is -2.82. The molecule has 1 N–H and O–H groups in total. The van der Waals surface area contributed by atoms with Gasteiger partial charge in [-0.05, 0) is 68.8 Å². The second-order valence-corrected chi connectivity index (χ2v) is 9.81. The van der Waals surface area contributed by atoms with Gasteiger partial charge in [0.2, 0.25) is 0 Å². The standard InChI is InChI=1S/C28H31NO6S/c1-6-34-27(31)21-16(4)29-20-14-19(17-9-8-10-18(13-17)33-5)22(28(32)35-7-2)25(30)23(20)24(21)26-15(3)11-12-36-26/h8-13,19,22,24,29H,6-7,14H2,1-5H3/t19-,22-,24-/m1/s1. The first-order chi connectivity index (χ1) is 17.3. The molecule has 0 amide bonds. The molecular formula is C28H31NO6S. The number of ketones is 1. The van der Waals surface area contributed by atoms with E-state index in [1.165, 1.54) is 11.3 Å². The van der Waals surface area contributed by atoms with Gasteiger partial charge in [-0.15, -0.1) is 11.3 Å². The molecular weight excluding hydrogens is 478 g/mol. The first-order valence-electron chi connectivity index (χ1n) is 12.1. The van der Waals surface area contributed by atoms with Crippen LogP contribution in [0.4, 0.5) is 0 Å². The lowest BCUT2D eigenvalue weighted by molar-refractivity contribution is -0.152. The molecule has 0 radical (unpaired) electrons. The summed E-state index contributed by atoms with van der Waals surface area (Å²) in [5.41, 5.74) is 4.00. The van der Waals surface area contributed by atoms with Crippen molar-refractivity contribution in [1.82, 2.24) is 5.32 Å². The SMILES string of the molecule is CCOC(=O)C1=C(C)NC2=C(C(=O)[C@H](C(=O)OCC)[C@@H](c3cccc(OC)c3)C2)[C@@H]1c1sccc1C. The van der Waals surface area contributed by atoms with Crippen molar-refractivity contribution < 1.29 is 28.6 Å². The van der Waals surface area contributed by atoms with Crippen molar-refractivity contribution in [3.8, 4) is 5.75 Å². The van der Waals surface area contributed by atoms with E-state index in [-0.39, 0.29) is 19.0 Å². The quantitative estimate of drug-likeness (QED) is 0.424. The summed E-state index contributed by atoms with van der Waals surface area (Å²) in [5, 5.41) is 5.27. The Bertz CT molecular complexity index is 1260. The van der Waals surface area contributed by atoms with Crippen LogP contribution in [0.3, 0.4) is 0 Å². The van der Waals surface area contributed by atoms with E-state index in [9.17, 15) is 14.4 Å². The molecule has 2 aromatic rings. The minimum atomic E-state index is -1.04. The molecule has 0 saturated carbocycles. The number of dihydropyridines is 1. The minimum absolute atomic E-state index is 0.165. The topological polar surface area (TPSA) is 90.9 Å². The lowest BCUT2D eigenvalue weighted by Gasteiger charge is -2.39. The Morgan fingerprint density at radius 3 is 2.50 bits per heavy atom. The molecule has 0 spiro atoms. The number of hydrogen-bond donors (Lipinski definition) is 1. The van der Waals surface area contributed by atoms with E-state index in [2.05, 4.69) is 5.32 Å². The number of carbonyl (C=O) groups excluding carboxylic acids is 3. The third-order valence-corrected chi connectivity index (χ3v) is 7.82. The lowest BCUT2D eigenvalue weighted by Crippen LogP contribution is -2.43. The van der Waals surface area contributed by atoms with Gasteiger partial charge in [0.1, 0.15) is 11.7 Å². The molecule has 2 aliphatic rings. The van der Waals surface area contributed by atoms with E-state index in [4.69, 9.17) is 14.2 Å². The van der Waals surface area contributed by atoms with E-state index in [0.29, 0.717) is 29.0 Å². The van der Waals surface area contributed by atoms with Crippen LogP contribution >= 0.6 is 11.3 Å². The van der Waals surface area contributed by atoms with Crippen LogP contribution in [-0.2, 0) is 23.9 Å². The van der Waals surface area contributed by atoms with Crippen LogP contribution in [0.2, 0.25) is 0 Å². The molecule has 3 atom stereocenters. The van der Waals surface area contributed by atoms with Gasteiger partial charge in [-0.3, -0.25) is 9.59 Å². The van der Waals surface area contributed by atoms with Crippen molar-refractivity contribution in [2.45, 2.75) is 46.0 Å². The fourth-order valence-corrected chi connectivity index (χ4v) is 6.19. The predicted octanol–water partition coefficient (Wildman–Crippen LogP) is 4.78. The molecule has 0 unspecified atom stereocenters. The maximum atomic E-state index is 14.3. The highest BCUT2D eigenvalue weighted by Gasteiger charge is 2.49. The summed E-state index contributed by atoms with van der Waals surface area (Å²) in [4.78, 5) is 41.5. The summed E-state index contributed by atoms with van der Waals surface area (Å²) in [6.45, 7) is 7.64. The number of Topliss-reactive ketones (excluding diaryl/α,β-unsaturated/α-hetero) is 1. The van der Waals surface area contributed by atoms with Crippen molar-refractivity contribution in [1.29, 1.82) is 0 Å². The number of thiophene rings is 1. The molecule has 2 heterocycles. The molecule has 1 aliphatic heterocycles. The Balaban J connectivity index is 1.89. The summed E-state index contributed by atoms with van der Waals surface area (Å²) >= 11 is 1.49. The van der Waals surface area contributed by atoms with E-state index < -0.39 is 29.7 Å². The highest BCUT2D eigenvalue weighted by Crippen LogP contribution is 2.49. The summed E-state index contributed by atoms with van der Waals surface area (Å²) in [6, 6.07) is 9.39. The predicted molar refractivity (Wildman–Crippen MR) is 137 cm³/mol.